The molecular weight excluding hydrogens is 306 g/mol. The van der Waals surface area contributed by atoms with Crippen LogP contribution in [0, 0.1) is 19.8 Å². The predicted octanol–water partition coefficient (Wildman–Crippen LogP) is 4.55. The fraction of sp³-hybridized carbons (Fsp3) is 0.421. The van der Waals surface area contributed by atoms with Gasteiger partial charge in [0.1, 0.15) is 0 Å². The van der Waals surface area contributed by atoms with Crippen LogP contribution in [-0.2, 0) is 9.53 Å². The quantitative estimate of drug-likeness (QED) is 0.769. The van der Waals surface area contributed by atoms with Crippen molar-refractivity contribution in [3.63, 3.8) is 0 Å². The Bertz CT molecular complexity index is 753. The monoisotopic (exact) mass is 327 g/mol. The third-order valence-corrected chi connectivity index (χ3v) is 5.99. The number of hydrogen-bond donors (Lipinski definition) is 0. The number of aryl methyl sites for hydroxylation is 2. The van der Waals surface area contributed by atoms with Crippen molar-refractivity contribution in [2.24, 2.45) is 5.92 Å². The van der Waals surface area contributed by atoms with Crippen LogP contribution in [0.2, 0.25) is 0 Å². The number of ether oxygens (including phenoxy) is 1. The molecule has 4 heteroatoms. The molecule has 23 heavy (non-hydrogen) atoms. The van der Waals surface area contributed by atoms with Gasteiger partial charge in [-0.15, -0.1) is 11.3 Å². The zero-order valence-corrected chi connectivity index (χ0v) is 14.5. The Kier molecular flexibility index (Phi) is 3.54. The standard InChI is InChI=1S/C19H21NO2S/c1-11-9-12(2)17-15(10-11)20(13(3)21)18(16-5-4-8-23-16)14-6-7-22-19(14)17/h4-5,8-10,14,18-19H,6-7H2,1-3H3/t14-,18+,19+/m0/s1. The number of carbonyl (C=O) groups is 1. The highest BCUT2D eigenvalue weighted by Crippen LogP contribution is 2.54. The van der Waals surface area contributed by atoms with Crippen LogP contribution in [-0.4, -0.2) is 12.5 Å². The van der Waals surface area contributed by atoms with Crippen molar-refractivity contribution in [3.05, 3.63) is 51.2 Å². The van der Waals surface area contributed by atoms with Crippen molar-refractivity contribution in [3.8, 4) is 0 Å². The van der Waals surface area contributed by atoms with E-state index in [1.54, 1.807) is 18.3 Å². The molecule has 2 aromatic rings. The average Bonchev–Trinajstić information content (AvgIpc) is 3.16. The van der Waals surface area contributed by atoms with Gasteiger partial charge in [0.25, 0.3) is 0 Å². The molecule has 2 aliphatic heterocycles. The van der Waals surface area contributed by atoms with E-state index < -0.39 is 0 Å². The lowest BCUT2D eigenvalue weighted by Gasteiger charge is -2.43. The summed E-state index contributed by atoms with van der Waals surface area (Å²) < 4.78 is 6.13. The van der Waals surface area contributed by atoms with Gasteiger partial charge in [-0.2, -0.15) is 0 Å². The summed E-state index contributed by atoms with van der Waals surface area (Å²) in [7, 11) is 0. The molecule has 0 bridgehead atoms. The van der Waals surface area contributed by atoms with E-state index in [4.69, 9.17) is 4.74 Å². The molecular formula is C19H21NO2S. The van der Waals surface area contributed by atoms with E-state index in [0.717, 1.165) is 18.7 Å². The molecule has 3 heterocycles. The lowest BCUT2D eigenvalue weighted by molar-refractivity contribution is -0.117. The lowest BCUT2D eigenvalue weighted by atomic mass is 9.80. The summed E-state index contributed by atoms with van der Waals surface area (Å²) in [6, 6.07) is 8.65. The Morgan fingerprint density at radius 3 is 2.87 bits per heavy atom. The highest BCUT2D eigenvalue weighted by molar-refractivity contribution is 7.10. The first-order chi connectivity index (χ1) is 11.1. The Balaban J connectivity index is 1.97. The number of amides is 1. The van der Waals surface area contributed by atoms with Crippen molar-refractivity contribution in [2.75, 3.05) is 11.5 Å². The second-order valence-corrected chi connectivity index (χ2v) is 7.59. The maximum Gasteiger partial charge on any atom is 0.224 e. The van der Waals surface area contributed by atoms with Gasteiger partial charge in [-0.25, -0.2) is 0 Å². The SMILES string of the molecule is CC(=O)N1c2cc(C)cc(C)c2[C@@H]2OCC[C@H]2[C@@H]1c1cccs1. The summed E-state index contributed by atoms with van der Waals surface area (Å²) in [6.07, 6.45) is 1.11. The minimum Gasteiger partial charge on any atom is -0.373 e. The minimum atomic E-state index is 0.0914. The molecule has 1 amide bonds. The van der Waals surface area contributed by atoms with Gasteiger partial charge in [-0.1, -0.05) is 12.1 Å². The first kappa shape index (κ1) is 14.9. The molecule has 2 aliphatic rings. The molecule has 3 atom stereocenters. The van der Waals surface area contributed by atoms with Crippen LogP contribution >= 0.6 is 11.3 Å². The van der Waals surface area contributed by atoms with Gasteiger partial charge < -0.3 is 9.64 Å². The van der Waals surface area contributed by atoms with Crippen molar-refractivity contribution in [2.45, 2.75) is 39.3 Å². The molecule has 0 aliphatic carbocycles. The molecule has 0 unspecified atom stereocenters. The van der Waals surface area contributed by atoms with E-state index in [9.17, 15) is 4.79 Å². The minimum absolute atomic E-state index is 0.0914. The van der Waals surface area contributed by atoms with Gasteiger partial charge in [0.05, 0.1) is 17.8 Å². The normalized spacial score (nSPS) is 26.0. The molecule has 1 saturated heterocycles. The Hall–Kier alpha value is -1.65. The first-order valence-electron chi connectivity index (χ1n) is 8.14. The molecule has 4 rings (SSSR count). The maximum atomic E-state index is 12.6. The number of fused-ring (bicyclic) bond motifs is 3. The van der Waals surface area contributed by atoms with E-state index in [1.165, 1.54) is 21.6 Å². The number of rotatable bonds is 1. The molecule has 0 saturated carbocycles. The maximum absolute atomic E-state index is 12.6. The summed E-state index contributed by atoms with van der Waals surface area (Å²) in [5.41, 5.74) is 4.67. The summed E-state index contributed by atoms with van der Waals surface area (Å²) in [4.78, 5) is 15.8. The number of thiophene rings is 1. The van der Waals surface area contributed by atoms with Gasteiger partial charge >= 0.3 is 0 Å². The van der Waals surface area contributed by atoms with Gasteiger partial charge in [-0.3, -0.25) is 4.79 Å². The van der Waals surface area contributed by atoms with Crippen molar-refractivity contribution >= 4 is 22.9 Å². The molecule has 3 nitrogen and oxygen atoms in total. The van der Waals surface area contributed by atoms with E-state index in [-0.39, 0.29) is 18.1 Å². The van der Waals surface area contributed by atoms with Crippen LogP contribution in [0.4, 0.5) is 5.69 Å². The molecule has 1 fully saturated rings. The summed E-state index contributed by atoms with van der Waals surface area (Å²) >= 11 is 1.73. The summed E-state index contributed by atoms with van der Waals surface area (Å²) in [5, 5.41) is 2.09. The first-order valence-corrected chi connectivity index (χ1v) is 9.02. The van der Waals surface area contributed by atoms with Crippen LogP contribution in [0.5, 0.6) is 0 Å². The highest BCUT2D eigenvalue weighted by Gasteiger charge is 2.47. The average molecular weight is 327 g/mol. The van der Waals surface area contributed by atoms with E-state index in [0.29, 0.717) is 5.92 Å². The van der Waals surface area contributed by atoms with Crippen LogP contribution < -0.4 is 4.90 Å². The van der Waals surface area contributed by atoms with Gasteiger partial charge in [0.2, 0.25) is 5.91 Å². The topological polar surface area (TPSA) is 29.5 Å². The van der Waals surface area contributed by atoms with E-state index in [2.05, 4.69) is 43.5 Å². The number of anilines is 1. The summed E-state index contributed by atoms with van der Waals surface area (Å²) in [5.74, 6) is 0.450. The van der Waals surface area contributed by atoms with E-state index >= 15 is 0 Å². The lowest BCUT2D eigenvalue weighted by Crippen LogP contribution is -2.42. The molecule has 1 aromatic heterocycles. The molecule has 0 spiro atoms. The van der Waals surface area contributed by atoms with Gasteiger partial charge in [-0.05, 0) is 48.9 Å². The van der Waals surface area contributed by atoms with Gasteiger partial charge in [0, 0.05) is 29.9 Å². The molecule has 0 N–H and O–H groups in total. The van der Waals surface area contributed by atoms with Crippen LogP contribution in [0.3, 0.4) is 0 Å². The molecule has 120 valence electrons. The fourth-order valence-corrected chi connectivity index (χ4v) is 5.15. The number of carbonyl (C=O) groups excluding carboxylic acids is 1. The smallest absolute Gasteiger partial charge is 0.224 e. The number of hydrogen-bond acceptors (Lipinski definition) is 3. The second kappa shape index (κ2) is 5.46. The third kappa shape index (κ3) is 2.24. The molecule has 0 radical (unpaired) electrons. The number of nitrogens with zero attached hydrogens (tertiary/aromatic N) is 1. The largest absolute Gasteiger partial charge is 0.373 e. The van der Waals surface area contributed by atoms with Crippen LogP contribution in [0.1, 0.15) is 47.1 Å². The van der Waals surface area contributed by atoms with Crippen molar-refractivity contribution in [1.29, 1.82) is 0 Å². The number of benzene rings is 1. The summed E-state index contributed by atoms with van der Waals surface area (Å²) in [6.45, 7) is 6.68. The van der Waals surface area contributed by atoms with E-state index in [1.807, 2.05) is 4.90 Å². The zero-order chi connectivity index (χ0) is 16.1. The molecule has 1 aromatic carbocycles. The highest BCUT2D eigenvalue weighted by atomic mass is 32.1. The van der Waals surface area contributed by atoms with Crippen LogP contribution in [0.15, 0.2) is 29.6 Å². The Morgan fingerprint density at radius 1 is 1.35 bits per heavy atom. The predicted molar refractivity (Wildman–Crippen MR) is 92.9 cm³/mol. The van der Waals surface area contributed by atoms with Crippen molar-refractivity contribution < 1.29 is 9.53 Å². The third-order valence-electron chi connectivity index (χ3n) is 5.05. The zero-order valence-electron chi connectivity index (χ0n) is 13.7. The van der Waals surface area contributed by atoms with Crippen LogP contribution in [0.25, 0.3) is 0 Å². The second-order valence-electron chi connectivity index (χ2n) is 6.61. The Morgan fingerprint density at radius 2 is 2.17 bits per heavy atom. The van der Waals surface area contributed by atoms with Crippen molar-refractivity contribution in [1.82, 2.24) is 0 Å². The Labute approximate surface area is 140 Å². The van der Waals surface area contributed by atoms with Gasteiger partial charge in [0.15, 0.2) is 0 Å². The fourth-order valence-electron chi connectivity index (χ4n) is 4.26.